The molecular formula is C18H13IOS. The number of para-hydroxylation sites is 2. The molecule has 0 heterocycles. The third-order valence-corrected chi connectivity index (χ3v) is 4.83. The molecule has 3 heteroatoms. The van der Waals surface area contributed by atoms with Crippen LogP contribution in [0.2, 0.25) is 0 Å². The Hall–Kier alpha value is -1.46. The van der Waals surface area contributed by atoms with Crippen LogP contribution in [-0.2, 0) is 0 Å². The number of benzene rings is 3. The van der Waals surface area contributed by atoms with Gasteiger partial charge in [-0.15, -0.1) is 0 Å². The van der Waals surface area contributed by atoms with Gasteiger partial charge >= 0.3 is 0 Å². The maximum atomic E-state index is 6.08. The number of ether oxygens (including phenoxy) is 1. The summed E-state index contributed by atoms with van der Waals surface area (Å²) in [6.07, 6.45) is 0. The third kappa shape index (κ3) is 3.80. The topological polar surface area (TPSA) is 9.23 Å². The lowest BCUT2D eigenvalue weighted by atomic mass is 10.3. The highest BCUT2D eigenvalue weighted by Crippen LogP contribution is 2.37. The van der Waals surface area contributed by atoms with Crippen molar-refractivity contribution in [2.75, 3.05) is 0 Å². The van der Waals surface area contributed by atoms with Gasteiger partial charge in [-0.3, -0.25) is 0 Å². The predicted molar refractivity (Wildman–Crippen MR) is 96.2 cm³/mol. The van der Waals surface area contributed by atoms with E-state index in [9.17, 15) is 0 Å². The fourth-order valence-corrected chi connectivity index (χ4v) is 3.28. The van der Waals surface area contributed by atoms with Crippen LogP contribution < -0.4 is 4.74 Å². The summed E-state index contributed by atoms with van der Waals surface area (Å²) in [6.45, 7) is 0. The van der Waals surface area contributed by atoms with E-state index in [1.54, 1.807) is 11.8 Å². The van der Waals surface area contributed by atoms with Crippen LogP contribution >= 0.6 is 34.4 Å². The zero-order valence-corrected chi connectivity index (χ0v) is 14.2. The van der Waals surface area contributed by atoms with Crippen molar-refractivity contribution in [1.82, 2.24) is 0 Å². The van der Waals surface area contributed by atoms with Crippen LogP contribution in [-0.4, -0.2) is 0 Å². The summed E-state index contributed by atoms with van der Waals surface area (Å²) in [4.78, 5) is 2.32. The molecule has 0 aliphatic heterocycles. The number of hydrogen-bond acceptors (Lipinski definition) is 2. The Morgan fingerprint density at radius 3 is 2.05 bits per heavy atom. The molecule has 0 atom stereocenters. The van der Waals surface area contributed by atoms with Crippen LogP contribution in [0.25, 0.3) is 0 Å². The molecule has 0 fully saturated rings. The molecule has 0 saturated heterocycles. The van der Waals surface area contributed by atoms with Crippen molar-refractivity contribution in [2.45, 2.75) is 9.79 Å². The van der Waals surface area contributed by atoms with Gasteiger partial charge in [-0.25, -0.2) is 0 Å². The first kappa shape index (κ1) is 14.5. The summed E-state index contributed by atoms with van der Waals surface area (Å²) in [5, 5.41) is 0. The average Bonchev–Trinajstić information content (AvgIpc) is 2.52. The van der Waals surface area contributed by atoms with Gasteiger partial charge in [0.25, 0.3) is 0 Å². The standard InChI is InChI=1S/C18H13IOS/c19-15-10-4-5-11-16(15)20-17-12-6-7-13-18(17)21-14-8-2-1-3-9-14/h1-13H. The largest absolute Gasteiger partial charge is 0.455 e. The van der Waals surface area contributed by atoms with Crippen molar-refractivity contribution in [3.63, 3.8) is 0 Å². The van der Waals surface area contributed by atoms with Crippen molar-refractivity contribution in [2.24, 2.45) is 0 Å². The fraction of sp³-hybridized carbons (Fsp3) is 0. The predicted octanol–water partition coefficient (Wildman–Crippen LogP) is 6.23. The maximum absolute atomic E-state index is 6.08. The van der Waals surface area contributed by atoms with Gasteiger partial charge in [-0.2, -0.15) is 0 Å². The van der Waals surface area contributed by atoms with E-state index in [0.717, 1.165) is 20.0 Å². The lowest BCUT2D eigenvalue weighted by Gasteiger charge is -2.11. The smallest absolute Gasteiger partial charge is 0.141 e. The lowest BCUT2D eigenvalue weighted by Crippen LogP contribution is -1.89. The quantitative estimate of drug-likeness (QED) is 0.477. The van der Waals surface area contributed by atoms with E-state index in [0.29, 0.717) is 0 Å². The Kier molecular flexibility index (Phi) is 4.83. The van der Waals surface area contributed by atoms with Crippen molar-refractivity contribution in [3.05, 3.63) is 82.4 Å². The molecule has 0 spiro atoms. The highest BCUT2D eigenvalue weighted by atomic mass is 127. The minimum atomic E-state index is 0.885. The van der Waals surface area contributed by atoms with Gasteiger partial charge in [0.05, 0.1) is 8.47 Å². The van der Waals surface area contributed by atoms with E-state index in [-0.39, 0.29) is 0 Å². The zero-order valence-electron chi connectivity index (χ0n) is 11.2. The summed E-state index contributed by atoms with van der Waals surface area (Å²) in [6, 6.07) is 26.5. The van der Waals surface area contributed by atoms with Crippen LogP contribution in [0.4, 0.5) is 0 Å². The van der Waals surface area contributed by atoms with Crippen LogP contribution in [0.15, 0.2) is 88.7 Å². The molecule has 21 heavy (non-hydrogen) atoms. The molecule has 1 nitrogen and oxygen atoms in total. The van der Waals surface area contributed by atoms with Gasteiger partial charge in [0, 0.05) is 4.90 Å². The molecule has 3 rings (SSSR count). The van der Waals surface area contributed by atoms with Gasteiger partial charge in [0.1, 0.15) is 11.5 Å². The molecule has 0 aromatic heterocycles. The molecule has 0 radical (unpaired) electrons. The van der Waals surface area contributed by atoms with Crippen molar-refractivity contribution in [3.8, 4) is 11.5 Å². The molecule has 3 aromatic carbocycles. The molecule has 0 unspecified atom stereocenters. The first-order valence-corrected chi connectivity index (χ1v) is 8.47. The van der Waals surface area contributed by atoms with Gasteiger partial charge in [0.15, 0.2) is 0 Å². The van der Waals surface area contributed by atoms with Gasteiger partial charge in [-0.05, 0) is 59.0 Å². The van der Waals surface area contributed by atoms with Crippen molar-refractivity contribution >= 4 is 34.4 Å². The Bertz CT molecular complexity index is 728. The second-order valence-corrected chi connectivity index (χ2v) is 6.67. The summed E-state index contributed by atoms with van der Waals surface area (Å²) < 4.78 is 7.19. The minimum Gasteiger partial charge on any atom is -0.455 e. The Labute approximate surface area is 142 Å². The summed E-state index contributed by atoms with van der Waals surface area (Å²) in [5.74, 6) is 1.77. The van der Waals surface area contributed by atoms with E-state index < -0.39 is 0 Å². The number of rotatable bonds is 4. The summed E-state index contributed by atoms with van der Waals surface area (Å²) in [5.41, 5.74) is 0. The third-order valence-electron chi connectivity index (χ3n) is 2.88. The van der Waals surface area contributed by atoms with E-state index in [4.69, 9.17) is 4.74 Å². The van der Waals surface area contributed by atoms with Gasteiger partial charge in [-0.1, -0.05) is 54.2 Å². The van der Waals surface area contributed by atoms with E-state index in [1.165, 1.54) is 4.90 Å². The zero-order chi connectivity index (χ0) is 14.5. The van der Waals surface area contributed by atoms with Gasteiger partial charge in [0.2, 0.25) is 0 Å². The summed E-state index contributed by atoms with van der Waals surface area (Å²) in [7, 11) is 0. The summed E-state index contributed by atoms with van der Waals surface area (Å²) >= 11 is 4.00. The van der Waals surface area contributed by atoms with Crippen LogP contribution in [0.5, 0.6) is 11.5 Å². The van der Waals surface area contributed by atoms with Crippen LogP contribution in [0.3, 0.4) is 0 Å². The molecular weight excluding hydrogens is 391 g/mol. The molecule has 0 amide bonds. The Morgan fingerprint density at radius 1 is 0.667 bits per heavy atom. The highest BCUT2D eigenvalue weighted by molar-refractivity contribution is 14.1. The van der Waals surface area contributed by atoms with E-state index >= 15 is 0 Å². The average molecular weight is 404 g/mol. The van der Waals surface area contributed by atoms with Crippen LogP contribution in [0, 0.1) is 3.57 Å². The Morgan fingerprint density at radius 2 is 1.29 bits per heavy atom. The first-order valence-electron chi connectivity index (χ1n) is 6.57. The SMILES string of the molecule is Ic1ccccc1Oc1ccccc1Sc1ccccc1. The van der Waals surface area contributed by atoms with Crippen LogP contribution in [0.1, 0.15) is 0 Å². The molecule has 0 aliphatic carbocycles. The lowest BCUT2D eigenvalue weighted by molar-refractivity contribution is 0.468. The molecule has 0 N–H and O–H groups in total. The maximum Gasteiger partial charge on any atom is 0.141 e. The fourth-order valence-electron chi connectivity index (χ4n) is 1.88. The van der Waals surface area contributed by atoms with E-state index in [2.05, 4.69) is 40.8 Å². The van der Waals surface area contributed by atoms with Gasteiger partial charge < -0.3 is 4.74 Å². The first-order chi connectivity index (χ1) is 10.3. The molecule has 0 saturated carbocycles. The van der Waals surface area contributed by atoms with E-state index in [1.807, 2.05) is 60.7 Å². The molecule has 0 bridgehead atoms. The molecule has 0 aliphatic rings. The monoisotopic (exact) mass is 404 g/mol. The van der Waals surface area contributed by atoms with Crippen molar-refractivity contribution in [1.29, 1.82) is 0 Å². The second-order valence-electron chi connectivity index (χ2n) is 4.39. The molecule has 104 valence electrons. The Balaban J connectivity index is 1.88. The van der Waals surface area contributed by atoms with Crippen molar-refractivity contribution < 1.29 is 4.74 Å². The number of hydrogen-bond donors (Lipinski definition) is 0. The molecule has 3 aromatic rings. The second kappa shape index (κ2) is 7.00. The number of halogens is 1. The highest BCUT2D eigenvalue weighted by Gasteiger charge is 2.07. The minimum absolute atomic E-state index is 0.885. The normalized spacial score (nSPS) is 10.3.